The molecule has 2 amide bonds. The molecule has 0 bridgehead atoms. The van der Waals surface area contributed by atoms with Crippen molar-refractivity contribution in [2.75, 3.05) is 78.0 Å². The fraction of sp³-hybridized carbons (Fsp3) is 0.545. The quantitative estimate of drug-likeness (QED) is 0.257. The summed E-state index contributed by atoms with van der Waals surface area (Å²) in [6.45, 7) is 7.35. The van der Waals surface area contributed by atoms with Crippen LogP contribution in [-0.2, 0) is 19.1 Å². The van der Waals surface area contributed by atoms with E-state index in [9.17, 15) is 14.4 Å². The second kappa shape index (κ2) is 12.5. The Balaban J connectivity index is 1.35. The van der Waals surface area contributed by atoms with E-state index in [4.69, 9.17) is 17.0 Å². The molecule has 0 aliphatic carbocycles. The number of nitrogens with one attached hydrogen (secondary N) is 2. The maximum Gasteiger partial charge on any atom is 0.337 e. The molecular formula is C22H31N5O5S. The van der Waals surface area contributed by atoms with E-state index in [2.05, 4.69) is 20.3 Å². The fourth-order valence-corrected chi connectivity index (χ4v) is 3.97. The summed E-state index contributed by atoms with van der Waals surface area (Å²) < 4.78 is 10.00. The van der Waals surface area contributed by atoms with Crippen molar-refractivity contribution in [1.82, 2.24) is 20.0 Å². The highest BCUT2D eigenvalue weighted by atomic mass is 32.1. The molecule has 0 aromatic heterocycles. The van der Waals surface area contributed by atoms with Crippen molar-refractivity contribution in [2.24, 2.45) is 0 Å². The van der Waals surface area contributed by atoms with Gasteiger partial charge in [-0.15, -0.1) is 0 Å². The minimum atomic E-state index is -0.710. The lowest BCUT2D eigenvalue weighted by Gasteiger charge is -2.36. The highest BCUT2D eigenvalue weighted by Crippen LogP contribution is 2.11. The number of hydrogen-bond acceptors (Lipinski definition) is 7. The van der Waals surface area contributed by atoms with E-state index in [0.29, 0.717) is 42.5 Å². The van der Waals surface area contributed by atoms with Gasteiger partial charge in [0.25, 0.3) is 0 Å². The second-order valence-electron chi connectivity index (χ2n) is 7.84. The predicted molar refractivity (Wildman–Crippen MR) is 127 cm³/mol. The molecule has 2 aliphatic heterocycles. The third-order valence-corrected chi connectivity index (χ3v) is 6.05. The van der Waals surface area contributed by atoms with Gasteiger partial charge in [0.2, 0.25) is 0 Å². The Morgan fingerprint density at radius 1 is 1.00 bits per heavy atom. The summed E-state index contributed by atoms with van der Waals surface area (Å²) >= 11 is 5.49. The van der Waals surface area contributed by atoms with Crippen LogP contribution in [0, 0.1) is 0 Å². The van der Waals surface area contributed by atoms with Crippen LogP contribution in [0.2, 0.25) is 0 Å². The van der Waals surface area contributed by atoms with E-state index in [1.165, 1.54) is 24.1 Å². The lowest BCUT2D eigenvalue weighted by molar-refractivity contribution is -0.144. The summed E-state index contributed by atoms with van der Waals surface area (Å²) in [6.07, 6.45) is 0.999. The Morgan fingerprint density at radius 3 is 2.27 bits per heavy atom. The number of methoxy groups -OCH3 is 1. The molecule has 1 aromatic rings. The molecule has 0 radical (unpaired) electrons. The van der Waals surface area contributed by atoms with Crippen LogP contribution in [0.1, 0.15) is 16.8 Å². The monoisotopic (exact) mass is 477 g/mol. The first-order valence-corrected chi connectivity index (χ1v) is 11.5. The number of amides is 2. The third-order valence-electron chi connectivity index (χ3n) is 5.64. The summed E-state index contributed by atoms with van der Waals surface area (Å²) in [6, 6.07) is 6.16. The Hall–Kier alpha value is -2.76. The van der Waals surface area contributed by atoms with Gasteiger partial charge in [-0.2, -0.15) is 0 Å². The van der Waals surface area contributed by atoms with Crippen molar-refractivity contribution in [3.63, 3.8) is 0 Å². The van der Waals surface area contributed by atoms with Crippen LogP contribution in [0.4, 0.5) is 5.69 Å². The average molecular weight is 478 g/mol. The number of esters is 1. The summed E-state index contributed by atoms with van der Waals surface area (Å²) in [5.74, 6) is -1.76. The van der Waals surface area contributed by atoms with Gasteiger partial charge in [-0.3, -0.25) is 14.5 Å². The van der Waals surface area contributed by atoms with Gasteiger partial charge in [-0.25, -0.2) is 4.79 Å². The molecule has 3 rings (SSSR count). The van der Waals surface area contributed by atoms with Gasteiger partial charge in [-0.05, 0) is 49.4 Å². The van der Waals surface area contributed by atoms with E-state index < -0.39 is 17.8 Å². The fourth-order valence-electron chi connectivity index (χ4n) is 3.68. The van der Waals surface area contributed by atoms with E-state index >= 15 is 0 Å². The molecule has 180 valence electrons. The number of benzene rings is 1. The maximum absolute atomic E-state index is 12.5. The summed E-state index contributed by atoms with van der Waals surface area (Å²) in [7, 11) is 1.30. The number of carbonyl (C=O) groups excluding carboxylic acids is 3. The van der Waals surface area contributed by atoms with E-state index in [1.54, 1.807) is 12.1 Å². The number of thiocarbonyl (C=S) groups is 1. The largest absolute Gasteiger partial charge is 0.465 e. The Kier molecular flexibility index (Phi) is 9.40. The smallest absolute Gasteiger partial charge is 0.337 e. The topological polar surface area (TPSA) is 103 Å². The maximum atomic E-state index is 12.5. The molecule has 2 fully saturated rings. The summed E-state index contributed by atoms with van der Waals surface area (Å²) in [5, 5.41) is 6.54. The minimum absolute atomic E-state index is 0.364. The molecule has 1 aromatic carbocycles. The Bertz CT molecular complexity index is 836. The molecule has 0 atom stereocenters. The van der Waals surface area contributed by atoms with Crippen LogP contribution >= 0.6 is 12.2 Å². The second-order valence-corrected chi connectivity index (χ2v) is 8.23. The van der Waals surface area contributed by atoms with Gasteiger partial charge in [0.15, 0.2) is 5.11 Å². The van der Waals surface area contributed by atoms with Gasteiger partial charge in [-0.1, -0.05) is 0 Å². The van der Waals surface area contributed by atoms with Gasteiger partial charge in [0.05, 0.1) is 25.9 Å². The Morgan fingerprint density at radius 2 is 1.64 bits per heavy atom. The lowest BCUT2D eigenvalue weighted by Crippen LogP contribution is -2.55. The minimum Gasteiger partial charge on any atom is -0.465 e. The summed E-state index contributed by atoms with van der Waals surface area (Å²) in [4.78, 5) is 42.3. The molecule has 0 saturated carbocycles. The van der Waals surface area contributed by atoms with Gasteiger partial charge in [0.1, 0.15) is 0 Å². The van der Waals surface area contributed by atoms with E-state index in [-0.39, 0.29) is 0 Å². The predicted octanol–water partition coefficient (Wildman–Crippen LogP) is 0.153. The molecule has 0 unspecified atom stereocenters. The molecule has 10 nitrogen and oxygen atoms in total. The first-order valence-electron chi connectivity index (χ1n) is 11.1. The molecule has 2 aliphatic rings. The molecule has 33 heavy (non-hydrogen) atoms. The zero-order valence-electron chi connectivity index (χ0n) is 18.9. The number of morpholine rings is 1. The van der Waals surface area contributed by atoms with Crippen molar-refractivity contribution >= 4 is 40.8 Å². The zero-order valence-corrected chi connectivity index (χ0v) is 19.7. The number of hydrogen-bond donors (Lipinski definition) is 2. The zero-order chi connectivity index (χ0) is 23.6. The molecule has 2 saturated heterocycles. The van der Waals surface area contributed by atoms with Crippen LogP contribution in [0.15, 0.2) is 24.3 Å². The molecule has 2 heterocycles. The number of nitrogens with zero attached hydrogens (tertiary/aromatic N) is 3. The van der Waals surface area contributed by atoms with E-state index in [1.807, 2.05) is 4.90 Å². The van der Waals surface area contributed by atoms with Crippen LogP contribution in [-0.4, -0.2) is 110 Å². The molecule has 11 heteroatoms. The first-order chi connectivity index (χ1) is 16.0. The lowest BCUT2D eigenvalue weighted by atomic mass is 10.2. The van der Waals surface area contributed by atoms with Crippen molar-refractivity contribution < 1.29 is 23.9 Å². The van der Waals surface area contributed by atoms with Crippen molar-refractivity contribution in [1.29, 1.82) is 0 Å². The molecule has 2 N–H and O–H groups in total. The SMILES string of the molecule is COC(=O)c1ccc(NC(=O)C(=O)N2CCN(C(=S)NCCCN3CCOCC3)CC2)cc1. The van der Waals surface area contributed by atoms with Crippen LogP contribution in [0.25, 0.3) is 0 Å². The standard InChI is InChI=1S/C22H31N5O5S/c1-31-21(30)17-3-5-18(6-4-17)24-19(28)20(29)26-9-11-27(12-10-26)22(33)23-7-2-8-25-13-15-32-16-14-25/h3-6H,2,7-16H2,1H3,(H,23,33)(H,24,28). The van der Waals surface area contributed by atoms with Gasteiger partial charge < -0.3 is 29.9 Å². The van der Waals surface area contributed by atoms with Crippen molar-refractivity contribution in [3.8, 4) is 0 Å². The first kappa shape index (κ1) is 24.9. The van der Waals surface area contributed by atoms with Crippen LogP contribution in [0.5, 0.6) is 0 Å². The van der Waals surface area contributed by atoms with Crippen LogP contribution in [0.3, 0.4) is 0 Å². The highest BCUT2D eigenvalue weighted by molar-refractivity contribution is 7.80. The molecular weight excluding hydrogens is 446 g/mol. The number of ether oxygens (including phenoxy) is 2. The van der Waals surface area contributed by atoms with Gasteiger partial charge in [0, 0.05) is 51.5 Å². The van der Waals surface area contributed by atoms with Gasteiger partial charge >= 0.3 is 17.8 Å². The summed E-state index contributed by atoms with van der Waals surface area (Å²) in [5.41, 5.74) is 0.797. The normalized spacial score (nSPS) is 16.8. The molecule has 0 spiro atoms. The number of rotatable bonds is 6. The van der Waals surface area contributed by atoms with Crippen molar-refractivity contribution in [3.05, 3.63) is 29.8 Å². The number of carbonyl (C=O) groups is 3. The highest BCUT2D eigenvalue weighted by Gasteiger charge is 2.27. The number of piperazine rings is 1. The third kappa shape index (κ3) is 7.37. The van der Waals surface area contributed by atoms with E-state index in [0.717, 1.165) is 45.8 Å². The average Bonchev–Trinajstić information content (AvgIpc) is 2.86. The number of anilines is 1. The van der Waals surface area contributed by atoms with Crippen molar-refractivity contribution in [2.45, 2.75) is 6.42 Å². The van der Waals surface area contributed by atoms with Crippen LogP contribution < -0.4 is 10.6 Å². The Labute approximate surface area is 199 Å².